The summed E-state index contributed by atoms with van der Waals surface area (Å²) in [5, 5.41) is 3.50. The van der Waals surface area contributed by atoms with Gasteiger partial charge in [0.15, 0.2) is 5.78 Å². The zero-order valence-corrected chi connectivity index (χ0v) is 14.1. The van der Waals surface area contributed by atoms with E-state index in [2.05, 4.69) is 10.0 Å². The van der Waals surface area contributed by atoms with Crippen LogP contribution in [0.3, 0.4) is 0 Å². The van der Waals surface area contributed by atoms with Crippen LogP contribution in [0, 0.1) is 5.41 Å². The summed E-state index contributed by atoms with van der Waals surface area (Å²) in [6, 6.07) is 9.09. The molecule has 0 amide bonds. The molecule has 0 radical (unpaired) electrons. The highest BCUT2D eigenvalue weighted by Gasteiger charge is 2.46. The van der Waals surface area contributed by atoms with Gasteiger partial charge in [-0.3, -0.25) is 9.59 Å². The lowest BCUT2D eigenvalue weighted by Gasteiger charge is -2.32. The maximum Gasteiger partial charge on any atom is 0.323 e. The van der Waals surface area contributed by atoms with Crippen LogP contribution in [0.2, 0.25) is 0 Å². The molecule has 0 saturated carbocycles. The Hall–Kier alpha value is -3.05. The van der Waals surface area contributed by atoms with Crippen molar-refractivity contribution in [1.29, 1.82) is 0 Å². The Morgan fingerprint density at radius 3 is 2.60 bits per heavy atom. The van der Waals surface area contributed by atoms with Crippen molar-refractivity contribution >= 4 is 17.3 Å². The van der Waals surface area contributed by atoms with E-state index >= 15 is 0 Å². The lowest BCUT2D eigenvalue weighted by molar-refractivity contribution is -0.150. The highest BCUT2D eigenvalue weighted by Crippen LogP contribution is 2.42. The SMILES string of the molecule is COC(=O)C1(CCCN=[N+]=[N-])C=C(c2ccccc2)C(=O)C=C1OC. The summed E-state index contributed by atoms with van der Waals surface area (Å²) in [6.45, 7) is 0.231. The number of hydrogen-bond donors (Lipinski definition) is 0. The van der Waals surface area contributed by atoms with Crippen molar-refractivity contribution in [1.82, 2.24) is 0 Å². The molecule has 1 aromatic rings. The number of carbonyl (C=O) groups excluding carboxylic acids is 2. The van der Waals surface area contributed by atoms with Crippen molar-refractivity contribution in [2.75, 3.05) is 20.8 Å². The van der Waals surface area contributed by atoms with Gasteiger partial charge in [0.1, 0.15) is 11.2 Å². The van der Waals surface area contributed by atoms with E-state index in [1.165, 1.54) is 20.3 Å². The van der Waals surface area contributed by atoms with Gasteiger partial charge in [-0.1, -0.05) is 35.4 Å². The van der Waals surface area contributed by atoms with E-state index in [4.69, 9.17) is 15.0 Å². The quantitative estimate of drug-likeness (QED) is 0.249. The van der Waals surface area contributed by atoms with Crippen LogP contribution in [0.25, 0.3) is 16.0 Å². The second-order valence-electron chi connectivity index (χ2n) is 5.52. The minimum absolute atomic E-state index is 0.227. The fraction of sp³-hybridized carbons (Fsp3) is 0.333. The van der Waals surface area contributed by atoms with E-state index in [0.717, 1.165) is 0 Å². The van der Waals surface area contributed by atoms with Crippen molar-refractivity contribution in [3.8, 4) is 0 Å². The average molecular weight is 341 g/mol. The van der Waals surface area contributed by atoms with E-state index < -0.39 is 11.4 Å². The number of rotatable bonds is 7. The van der Waals surface area contributed by atoms with Crippen LogP contribution in [0.1, 0.15) is 18.4 Å². The molecule has 7 nitrogen and oxygen atoms in total. The van der Waals surface area contributed by atoms with Crippen LogP contribution in [0.4, 0.5) is 0 Å². The number of ketones is 1. The largest absolute Gasteiger partial charge is 0.499 e. The zero-order chi connectivity index (χ0) is 18.3. The van der Waals surface area contributed by atoms with Gasteiger partial charge < -0.3 is 9.47 Å². The summed E-state index contributed by atoms with van der Waals surface area (Å²) < 4.78 is 10.3. The molecule has 1 aromatic carbocycles. The molecule has 2 rings (SSSR count). The summed E-state index contributed by atoms with van der Waals surface area (Å²) in [5.41, 5.74) is 8.31. The first-order valence-corrected chi connectivity index (χ1v) is 7.77. The van der Waals surface area contributed by atoms with Crippen LogP contribution < -0.4 is 0 Å². The van der Waals surface area contributed by atoms with Crippen LogP contribution in [0.5, 0.6) is 0 Å². The maximum absolute atomic E-state index is 12.6. The van der Waals surface area contributed by atoms with Gasteiger partial charge in [-0.15, -0.1) is 0 Å². The summed E-state index contributed by atoms with van der Waals surface area (Å²) >= 11 is 0. The fourth-order valence-electron chi connectivity index (χ4n) is 2.91. The molecule has 25 heavy (non-hydrogen) atoms. The van der Waals surface area contributed by atoms with Gasteiger partial charge in [-0.05, 0) is 30.0 Å². The van der Waals surface area contributed by atoms with E-state index in [1.54, 1.807) is 18.2 Å². The molecule has 0 bridgehead atoms. The minimum atomic E-state index is -1.23. The Balaban J connectivity index is 2.52. The van der Waals surface area contributed by atoms with Gasteiger partial charge in [0, 0.05) is 23.1 Å². The minimum Gasteiger partial charge on any atom is -0.499 e. The summed E-state index contributed by atoms with van der Waals surface area (Å²) in [7, 11) is 2.70. The van der Waals surface area contributed by atoms with Crippen molar-refractivity contribution in [3.63, 3.8) is 0 Å². The van der Waals surface area contributed by atoms with Crippen molar-refractivity contribution in [2.24, 2.45) is 10.5 Å². The van der Waals surface area contributed by atoms with Crippen LogP contribution in [-0.4, -0.2) is 32.5 Å². The van der Waals surface area contributed by atoms with Gasteiger partial charge in [-0.25, -0.2) is 0 Å². The molecule has 1 aliphatic carbocycles. The molecule has 0 heterocycles. The predicted molar refractivity (Wildman–Crippen MR) is 92.2 cm³/mol. The number of azide groups is 1. The van der Waals surface area contributed by atoms with E-state index in [0.29, 0.717) is 24.0 Å². The third kappa shape index (κ3) is 3.72. The number of methoxy groups -OCH3 is 2. The van der Waals surface area contributed by atoms with Crippen molar-refractivity contribution in [2.45, 2.75) is 12.8 Å². The van der Waals surface area contributed by atoms with Crippen LogP contribution in [0.15, 0.2) is 53.4 Å². The normalized spacial score (nSPS) is 19.4. The lowest BCUT2D eigenvalue weighted by Crippen LogP contribution is -2.36. The predicted octanol–water partition coefficient (Wildman–Crippen LogP) is 3.43. The molecule has 1 atom stereocenters. The van der Waals surface area contributed by atoms with E-state index in [1.807, 2.05) is 18.2 Å². The fourth-order valence-corrected chi connectivity index (χ4v) is 2.91. The summed E-state index contributed by atoms with van der Waals surface area (Å²) in [5.74, 6) is -0.537. The first kappa shape index (κ1) is 18.3. The highest BCUT2D eigenvalue weighted by molar-refractivity contribution is 6.28. The Kier molecular flexibility index (Phi) is 5.98. The molecule has 0 aliphatic heterocycles. The van der Waals surface area contributed by atoms with Gasteiger partial charge in [0.05, 0.1) is 14.2 Å². The molecule has 1 aliphatic rings. The standard InChI is InChI=1S/C18H19N3O4/c1-24-16-11-15(22)14(13-7-4-3-5-8-13)12-18(16,17(23)25-2)9-6-10-20-21-19/h3-5,7-8,11-12H,6,9-10H2,1-2H3. The summed E-state index contributed by atoms with van der Waals surface area (Å²) in [4.78, 5) is 27.8. The molecule has 1 unspecified atom stereocenters. The number of nitrogens with zero attached hydrogens (tertiary/aromatic N) is 3. The van der Waals surface area contributed by atoms with Crippen LogP contribution in [-0.2, 0) is 19.1 Å². The molecule has 130 valence electrons. The third-order valence-electron chi connectivity index (χ3n) is 4.10. The number of carbonyl (C=O) groups is 2. The van der Waals surface area contributed by atoms with Gasteiger partial charge >= 0.3 is 5.97 Å². The Morgan fingerprint density at radius 2 is 2.00 bits per heavy atom. The van der Waals surface area contributed by atoms with Crippen molar-refractivity contribution in [3.05, 3.63) is 64.2 Å². The molecule has 0 spiro atoms. The first-order valence-electron chi connectivity index (χ1n) is 7.77. The second-order valence-corrected chi connectivity index (χ2v) is 5.52. The highest BCUT2D eigenvalue weighted by atomic mass is 16.5. The van der Waals surface area contributed by atoms with Crippen LogP contribution >= 0.6 is 0 Å². The first-order chi connectivity index (χ1) is 12.1. The zero-order valence-electron chi connectivity index (χ0n) is 14.1. The third-order valence-corrected chi connectivity index (χ3v) is 4.10. The number of benzene rings is 1. The molecule has 0 aromatic heterocycles. The number of hydrogen-bond acceptors (Lipinski definition) is 5. The van der Waals surface area contributed by atoms with Gasteiger partial charge in [0.25, 0.3) is 0 Å². The number of esters is 1. The second kappa shape index (κ2) is 8.17. The smallest absolute Gasteiger partial charge is 0.323 e. The average Bonchev–Trinajstić information content (AvgIpc) is 2.66. The Labute approximate surface area is 145 Å². The van der Waals surface area contributed by atoms with Gasteiger partial charge in [-0.2, -0.15) is 0 Å². The van der Waals surface area contributed by atoms with E-state index in [9.17, 15) is 9.59 Å². The molecule has 0 fully saturated rings. The summed E-state index contributed by atoms with van der Waals surface area (Å²) in [6.07, 6.45) is 3.66. The number of allylic oxidation sites excluding steroid dienone is 2. The molecule has 0 N–H and O–H groups in total. The molecular weight excluding hydrogens is 322 g/mol. The van der Waals surface area contributed by atoms with E-state index in [-0.39, 0.29) is 18.1 Å². The van der Waals surface area contributed by atoms with Gasteiger partial charge in [0.2, 0.25) is 0 Å². The number of ether oxygens (including phenoxy) is 2. The monoisotopic (exact) mass is 341 g/mol. The topological polar surface area (TPSA) is 101 Å². The Morgan fingerprint density at radius 1 is 1.28 bits per heavy atom. The molecule has 7 heteroatoms. The Bertz CT molecular complexity index is 764. The van der Waals surface area contributed by atoms with Crippen molar-refractivity contribution < 1.29 is 19.1 Å². The molecular formula is C18H19N3O4. The molecule has 0 saturated heterocycles. The maximum atomic E-state index is 12.6. The lowest BCUT2D eigenvalue weighted by atomic mass is 9.74.